The van der Waals surface area contributed by atoms with Crippen LogP contribution in [0.4, 0.5) is 11.6 Å². The highest BCUT2D eigenvalue weighted by atomic mass is 35.5. The number of halogens is 1. The van der Waals surface area contributed by atoms with Crippen molar-refractivity contribution in [1.29, 1.82) is 0 Å². The van der Waals surface area contributed by atoms with Gasteiger partial charge in [-0.15, -0.1) is 12.4 Å². The Bertz CT molecular complexity index is 1010. The zero-order valence-corrected chi connectivity index (χ0v) is 19.4. The highest BCUT2D eigenvalue weighted by Crippen LogP contribution is 2.21. The van der Waals surface area contributed by atoms with Gasteiger partial charge in [-0.2, -0.15) is 5.10 Å². The van der Waals surface area contributed by atoms with Gasteiger partial charge in [-0.05, 0) is 49.2 Å². The summed E-state index contributed by atoms with van der Waals surface area (Å²) in [6, 6.07) is 10.1. The van der Waals surface area contributed by atoms with Crippen molar-refractivity contribution in [3.05, 3.63) is 53.3 Å². The van der Waals surface area contributed by atoms with E-state index >= 15 is 0 Å². The van der Waals surface area contributed by atoms with Gasteiger partial charge in [0.2, 0.25) is 5.95 Å². The average molecular weight is 444 g/mol. The Morgan fingerprint density at radius 3 is 2.45 bits per heavy atom. The fourth-order valence-electron chi connectivity index (χ4n) is 3.17. The lowest BCUT2D eigenvalue weighted by atomic mass is 10.1. The molecule has 2 aromatic heterocycles. The Labute approximate surface area is 189 Å². The molecule has 8 nitrogen and oxygen atoms in total. The van der Waals surface area contributed by atoms with Gasteiger partial charge in [-0.1, -0.05) is 19.9 Å². The third-order valence-electron chi connectivity index (χ3n) is 4.47. The number of hydrogen-bond donors (Lipinski definition) is 3. The molecule has 0 bridgehead atoms. The molecule has 0 aliphatic carbocycles. The third kappa shape index (κ3) is 6.77. The second kappa shape index (κ2) is 10.9. The first-order valence-corrected chi connectivity index (χ1v) is 10.1. The van der Waals surface area contributed by atoms with Crippen molar-refractivity contribution < 1.29 is 4.79 Å². The smallest absolute Gasteiger partial charge is 0.269 e. The number of anilines is 2. The van der Waals surface area contributed by atoms with E-state index in [0.717, 1.165) is 16.8 Å². The minimum absolute atomic E-state index is 0. The number of carbonyl (C=O) groups is 1. The summed E-state index contributed by atoms with van der Waals surface area (Å²) < 4.78 is 1.57. The zero-order valence-electron chi connectivity index (χ0n) is 18.6. The summed E-state index contributed by atoms with van der Waals surface area (Å²) in [5.74, 6) is 0.318. The van der Waals surface area contributed by atoms with Gasteiger partial charge in [-0.25, -0.2) is 9.97 Å². The first-order chi connectivity index (χ1) is 14.3. The number of amides is 1. The molecule has 3 rings (SSSR count). The third-order valence-corrected chi connectivity index (χ3v) is 4.47. The standard InChI is InChI=1S/C22H29N7O.ClH/c1-14(2)23-8-9-24-21(30)20-13-19(28-29(20)5)18-6-7-25-22(27-18)26-17-11-15(3)10-16(4)12-17;/h6-7,10-14,23H,8-9H2,1-5H3,(H,24,30)(H,25,26,27);1H. The molecule has 0 saturated heterocycles. The molecule has 0 atom stereocenters. The van der Waals surface area contributed by atoms with Crippen molar-refractivity contribution in [1.82, 2.24) is 30.4 Å². The molecule has 0 radical (unpaired) electrons. The van der Waals surface area contributed by atoms with Crippen LogP contribution in [-0.4, -0.2) is 44.8 Å². The lowest BCUT2D eigenvalue weighted by Crippen LogP contribution is -2.35. The summed E-state index contributed by atoms with van der Waals surface area (Å²) >= 11 is 0. The molecule has 31 heavy (non-hydrogen) atoms. The van der Waals surface area contributed by atoms with Gasteiger partial charge in [0.25, 0.3) is 5.91 Å². The highest BCUT2D eigenvalue weighted by Gasteiger charge is 2.15. The van der Waals surface area contributed by atoms with E-state index in [1.807, 2.05) is 12.1 Å². The topological polar surface area (TPSA) is 96.8 Å². The monoisotopic (exact) mass is 443 g/mol. The number of hydrogen-bond acceptors (Lipinski definition) is 6. The summed E-state index contributed by atoms with van der Waals surface area (Å²) in [4.78, 5) is 21.4. The van der Waals surface area contributed by atoms with Crippen LogP contribution < -0.4 is 16.0 Å². The highest BCUT2D eigenvalue weighted by molar-refractivity contribution is 5.93. The van der Waals surface area contributed by atoms with E-state index in [9.17, 15) is 4.79 Å². The van der Waals surface area contributed by atoms with E-state index in [2.05, 4.69) is 64.8 Å². The molecule has 3 aromatic rings. The normalized spacial score (nSPS) is 10.6. The predicted octanol–water partition coefficient (Wildman–Crippen LogP) is 3.39. The number of nitrogens with zero attached hydrogens (tertiary/aromatic N) is 4. The number of aryl methyl sites for hydroxylation is 3. The summed E-state index contributed by atoms with van der Waals surface area (Å²) in [7, 11) is 1.75. The van der Waals surface area contributed by atoms with E-state index in [-0.39, 0.29) is 18.3 Å². The fourth-order valence-corrected chi connectivity index (χ4v) is 3.17. The summed E-state index contributed by atoms with van der Waals surface area (Å²) in [5.41, 5.74) is 5.01. The van der Waals surface area contributed by atoms with Crippen LogP contribution >= 0.6 is 12.4 Å². The molecule has 0 unspecified atom stereocenters. The summed E-state index contributed by atoms with van der Waals surface area (Å²) in [5, 5.41) is 13.9. The first kappa shape index (κ1) is 24.3. The minimum Gasteiger partial charge on any atom is -0.349 e. The van der Waals surface area contributed by atoms with Crippen LogP contribution in [0.2, 0.25) is 0 Å². The number of rotatable bonds is 8. The van der Waals surface area contributed by atoms with E-state index in [1.165, 1.54) is 0 Å². The molecule has 3 N–H and O–H groups in total. The maximum atomic E-state index is 12.5. The summed E-state index contributed by atoms with van der Waals surface area (Å²) in [6.45, 7) is 9.51. The Morgan fingerprint density at radius 2 is 1.77 bits per heavy atom. The van der Waals surface area contributed by atoms with Gasteiger partial charge in [-0.3, -0.25) is 9.48 Å². The molecule has 166 valence electrons. The molecule has 9 heteroatoms. The first-order valence-electron chi connectivity index (χ1n) is 10.1. The van der Waals surface area contributed by atoms with Gasteiger partial charge >= 0.3 is 0 Å². The van der Waals surface area contributed by atoms with E-state index in [4.69, 9.17) is 0 Å². The van der Waals surface area contributed by atoms with Crippen LogP contribution in [0, 0.1) is 13.8 Å². The lowest BCUT2D eigenvalue weighted by molar-refractivity contribution is 0.0944. The maximum Gasteiger partial charge on any atom is 0.269 e. The van der Waals surface area contributed by atoms with Crippen LogP contribution in [0.25, 0.3) is 11.4 Å². The van der Waals surface area contributed by atoms with Gasteiger partial charge in [0.15, 0.2) is 0 Å². The molecule has 0 saturated carbocycles. The number of nitrogens with one attached hydrogen (secondary N) is 3. The SMILES string of the molecule is Cc1cc(C)cc(Nc2nccc(-c3cc(C(=O)NCCNC(C)C)n(C)n3)n2)c1.Cl. The van der Waals surface area contributed by atoms with E-state index in [0.29, 0.717) is 42.2 Å². The van der Waals surface area contributed by atoms with E-state index in [1.54, 1.807) is 30.1 Å². The van der Waals surface area contributed by atoms with Gasteiger partial charge in [0, 0.05) is 38.1 Å². The molecular weight excluding hydrogens is 414 g/mol. The molecule has 0 aliphatic rings. The van der Waals surface area contributed by atoms with Gasteiger partial charge < -0.3 is 16.0 Å². The van der Waals surface area contributed by atoms with Crippen molar-refractivity contribution in [3.63, 3.8) is 0 Å². The zero-order chi connectivity index (χ0) is 21.7. The number of carbonyl (C=O) groups excluding carboxylic acids is 1. The van der Waals surface area contributed by atoms with Crippen molar-refractivity contribution >= 4 is 29.9 Å². The predicted molar refractivity (Wildman–Crippen MR) is 126 cm³/mol. The molecule has 1 amide bonds. The molecule has 1 aromatic carbocycles. The van der Waals surface area contributed by atoms with Gasteiger partial charge in [0.05, 0.1) is 5.69 Å². The lowest BCUT2D eigenvalue weighted by Gasteiger charge is -2.08. The second-order valence-corrected chi connectivity index (χ2v) is 7.67. The summed E-state index contributed by atoms with van der Waals surface area (Å²) in [6.07, 6.45) is 1.68. The molecule has 2 heterocycles. The minimum atomic E-state index is -0.163. The average Bonchev–Trinajstić information content (AvgIpc) is 3.06. The Morgan fingerprint density at radius 1 is 1.06 bits per heavy atom. The van der Waals surface area contributed by atoms with Crippen LogP contribution in [0.3, 0.4) is 0 Å². The van der Waals surface area contributed by atoms with Crippen LogP contribution in [-0.2, 0) is 7.05 Å². The van der Waals surface area contributed by atoms with Crippen LogP contribution in [0.1, 0.15) is 35.5 Å². The molecule has 0 fully saturated rings. The van der Waals surface area contributed by atoms with Gasteiger partial charge in [0.1, 0.15) is 11.4 Å². The van der Waals surface area contributed by atoms with Crippen LogP contribution in [0.15, 0.2) is 36.5 Å². The van der Waals surface area contributed by atoms with Crippen LogP contribution in [0.5, 0.6) is 0 Å². The molecule has 0 aliphatic heterocycles. The molecule has 0 spiro atoms. The fraction of sp³-hybridized carbons (Fsp3) is 0.364. The molecular formula is C22H30ClN7O. The van der Waals surface area contributed by atoms with Crippen molar-refractivity contribution in [2.24, 2.45) is 7.05 Å². The second-order valence-electron chi connectivity index (χ2n) is 7.67. The number of benzene rings is 1. The Kier molecular flexibility index (Phi) is 8.53. The van der Waals surface area contributed by atoms with Crippen molar-refractivity contribution in [3.8, 4) is 11.4 Å². The largest absolute Gasteiger partial charge is 0.349 e. The van der Waals surface area contributed by atoms with Crippen molar-refractivity contribution in [2.75, 3.05) is 18.4 Å². The number of aromatic nitrogens is 4. The van der Waals surface area contributed by atoms with E-state index < -0.39 is 0 Å². The Balaban J connectivity index is 0.00000341. The van der Waals surface area contributed by atoms with Crippen molar-refractivity contribution in [2.45, 2.75) is 33.7 Å². The quantitative estimate of drug-likeness (QED) is 0.462. The Hall–Kier alpha value is -2.97. The maximum absolute atomic E-state index is 12.5.